The molecular weight excluding hydrogens is 250 g/mol. The highest BCUT2D eigenvalue weighted by Gasteiger charge is 2.07. The lowest BCUT2D eigenvalue weighted by molar-refractivity contribution is 1.03. The van der Waals surface area contributed by atoms with E-state index in [2.05, 4.69) is 26.6 Å². The molecule has 0 amide bonds. The normalized spacial score (nSPS) is 10.2. The smallest absolute Gasteiger partial charge is 0.171 e. The summed E-state index contributed by atoms with van der Waals surface area (Å²) in [6.45, 7) is 1.94. The summed E-state index contributed by atoms with van der Waals surface area (Å²) in [6, 6.07) is 13.5. The van der Waals surface area contributed by atoms with Crippen molar-refractivity contribution in [2.24, 2.45) is 0 Å². The highest BCUT2D eigenvalue weighted by Crippen LogP contribution is 2.25. The van der Waals surface area contributed by atoms with Crippen molar-refractivity contribution >= 4 is 22.4 Å². The highest BCUT2D eigenvalue weighted by atomic mass is 15.2. The quantitative estimate of drug-likeness (QED) is 0.767. The Hall–Kier alpha value is -3.00. The molecule has 0 spiro atoms. The zero-order chi connectivity index (χ0) is 13.9. The van der Waals surface area contributed by atoms with Gasteiger partial charge in [0, 0.05) is 11.1 Å². The fraction of sp³-hybridized carbons (Fsp3) is 0.0667. The van der Waals surface area contributed by atoms with Gasteiger partial charge in [-0.3, -0.25) is 4.98 Å². The van der Waals surface area contributed by atoms with Crippen LogP contribution in [0.2, 0.25) is 0 Å². The summed E-state index contributed by atoms with van der Waals surface area (Å²) in [7, 11) is 0. The topological polar surface area (TPSA) is 74.5 Å². The number of hydrogen-bond acceptors (Lipinski definition) is 5. The van der Waals surface area contributed by atoms with E-state index in [9.17, 15) is 0 Å². The average Bonchev–Trinajstić information content (AvgIpc) is 2.48. The molecule has 96 valence electrons. The van der Waals surface area contributed by atoms with E-state index in [1.807, 2.05) is 37.3 Å². The maximum atomic E-state index is 9.08. The van der Waals surface area contributed by atoms with Crippen LogP contribution in [0.1, 0.15) is 11.3 Å². The third-order valence-electron chi connectivity index (χ3n) is 2.95. The molecule has 20 heavy (non-hydrogen) atoms. The molecule has 0 saturated carbocycles. The minimum Gasteiger partial charge on any atom is -0.336 e. The lowest BCUT2D eigenvalue weighted by Gasteiger charge is -2.09. The Morgan fingerprint density at radius 3 is 2.90 bits per heavy atom. The van der Waals surface area contributed by atoms with Crippen molar-refractivity contribution in [2.45, 2.75) is 6.92 Å². The summed E-state index contributed by atoms with van der Waals surface area (Å²) in [4.78, 5) is 4.53. The molecule has 0 bridgehead atoms. The minimum atomic E-state index is 0.436. The molecule has 0 fully saturated rings. The van der Waals surface area contributed by atoms with Gasteiger partial charge in [0.1, 0.15) is 6.07 Å². The molecule has 0 saturated heterocycles. The number of rotatable bonds is 2. The first-order valence-corrected chi connectivity index (χ1v) is 6.13. The van der Waals surface area contributed by atoms with Gasteiger partial charge in [0.05, 0.1) is 23.0 Å². The van der Waals surface area contributed by atoms with Gasteiger partial charge in [0.2, 0.25) is 0 Å². The van der Waals surface area contributed by atoms with E-state index in [-0.39, 0.29) is 0 Å². The van der Waals surface area contributed by atoms with Crippen molar-refractivity contribution in [2.75, 3.05) is 5.32 Å². The number of anilines is 2. The monoisotopic (exact) mass is 261 g/mol. The number of fused-ring (bicyclic) bond motifs is 1. The molecule has 0 atom stereocenters. The Kier molecular flexibility index (Phi) is 2.98. The molecule has 0 aliphatic heterocycles. The summed E-state index contributed by atoms with van der Waals surface area (Å²) in [5.74, 6) is 0.436. The molecule has 2 aromatic heterocycles. The Morgan fingerprint density at radius 1 is 1.15 bits per heavy atom. The fourth-order valence-corrected chi connectivity index (χ4v) is 1.99. The van der Waals surface area contributed by atoms with E-state index in [0.29, 0.717) is 11.4 Å². The van der Waals surface area contributed by atoms with Gasteiger partial charge in [-0.1, -0.05) is 18.2 Å². The lowest BCUT2D eigenvalue weighted by Crippen LogP contribution is -1.99. The summed E-state index contributed by atoms with van der Waals surface area (Å²) in [5.41, 5.74) is 3.04. The van der Waals surface area contributed by atoms with Crippen molar-refractivity contribution in [3.63, 3.8) is 0 Å². The van der Waals surface area contributed by atoms with E-state index < -0.39 is 0 Å². The fourth-order valence-electron chi connectivity index (χ4n) is 1.99. The molecule has 1 aromatic carbocycles. The average molecular weight is 261 g/mol. The number of pyridine rings is 1. The number of aromatic nitrogens is 3. The van der Waals surface area contributed by atoms with Crippen molar-refractivity contribution < 1.29 is 0 Å². The van der Waals surface area contributed by atoms with Crippen LogP contribution in [0.3, 0.4) is 0 Å². The molecule has 2 heterocycles. The van der Waals surface area contributed by atoms with E-state index in [1.165, 1.54) is 6.20 Å². The standard InChI is InChI=1S/C15H11N5/c1-10-5-6-11-3-2-4-13(14(11)18-10)19-15-12(9-16)7-8-17-20-15/h2-8H,1H3,(H,19,20). The van der Waals surface area contributed by atoms with Crippen LogP contribution in [0.5, 0.6) is 0 Å². The van der Waals surface area contributed by atoms with Crippen LogP contribution >= 0.6 is 0 Å². The van der Waals surface area contributed by atoms with Gasteiger partial charge in [0.25, 0.3) is 0 Å². The Morgan fingerprint density at radius 2 is 2.05 bits per heavy atom. The zero-order valence-corrected chi connectivity index (χ0v) is 10.8. The third-order valence-corrected chi connectivity index (χ3v) is 2.95. The van der Waals surface area contributed by atoms with E-state index >= 15 is 0 Å². The van der Waals surface area contributed by atoms with Crippen LogP contribution in [-0.2, 0) is 0 Å². The molecule has 3 aromatic rings. The molecule has 3 rings (SSSR count). The molecule has 1 N–H and O–H groups in total. The first-order valence-electron chi connectivity index (χ1n) is 6.13. The Balaban J connectivity index is 2.11. The molecule has 0 aliphatic rings. The van der Waals surface area contributed by atoms with Crippen molar-refractivity contribution in [3.05, 3.63) is 53.9 Å². The molecule has 0 aliphatic carbocycles. The number of hydrogen-bond donors (Lipinski definition) is 1. The Bertz CT molecular complexity index is 820. The number of para-hydroxylation sites is 1. The van der Waals surface area contributed by atoms with Crippen LogP contribution < -0.4 is 5.32 Å². The first-order chi connectivity index (χ1) is 9.78. The summed E-state index contributed by atoms with van der Waals surface area (Å²) >= 11 is 0. The third kappa shape index (κ3) is 2.15. The number of nitriles is 1. The minimum absolute atomic E-state index is 0.436. The van der Waals surface area contributed by atoms with Gasteiger partial charge in [-0.15, -0.1) is 5.10 Å². The Labute approximate surface area is 115 Å². The summed E-state index contributed by atoms with van der Waals surface area (Å²) in [5, 5.41) is 21.0. The van der Waals surface area contributed by atoms with E-state index in [0.717, 1.165) is 22.3 Å². The van der Waals surface area contributed by atoms with Gasteiger partial charge in [-0.2, -0.15) is 10.4 Å². The largest absolute Gasteiger partial charge is 0.336 e. The number of aryl methyl sites for hydroxylation is 1. The van der Waals surface area contributed by atoms with Crippen LogP contribution in [0.15, 0.2) is 42.6 Å². The summed E-state index contributed by atoms with van der Waals surface area (Å²) < 4.78 is 0. The maximum absolute atomic E-state index is 9.08. The number of benzene rings is 1. The second kappa shape index (κ2) is 4.94. The highest BCUT2D eigenvalue weighted by molar-refractivity contribution is 5.92. The molecule has 5 nitrogen and oxygen atoms in total. The maximum Gasteiger partial charge on any atom is 0.171 e. The van der Waals surface area contributed by atoms with E-state index in [4.69, 9.17) is 5.26 Å². The van der Waals surface area contributed by atoms with Crippen molar-refractivity contribution in [1.82, 2.24) is 15.2 Å². The zero-order valence-electron chi connectivity index (χ0n) is 10.8. The van der Waals surface area contributed by atoms with Crippen molar-refractivity contribution in [1.29, 1.82) is 5.26 Å². The van der Waals surface area contributed by atoms with E-state index in [1.54, 1.807) is 6.07 Å². The van der Waals surface area contributed by atoms with Gasteiger partial charge < -0.3 is 5.32 Å². The SMILES string of the molecule is Cc1ccc2cccc(Nc3nnccc3C#N)c2n1. The first kappa shape index (κ1) is 12.1. The van der Waals surface area contributed by atoms with Crippen LogP contribution in [0.25, 0.3) is 10.9 Å². The molecule has 0 unspecified atom stereocenters. The summed E-state index contributed by atoms with van der Waals surface area (Å²) in [6.07, 6.45) is 1.50. The van der Waals surface area contributed by atoms with Crippen LogP contribution in [0.4, 0.5) is 11.5 Å². The second-order valence-electron chi connectivity index (χ2n) is 4.36. The second-order valence-corrected chi connectivity index (χ2v) is 4.36. The number of nitrogens with zero attached hydrogens (tertiary/aromatic N) is 4. The van der Waals surface area contributed by atoms with Crippen LogP contribution in [0, 0.1) is 18.3 Å². The van der Waals surface area contributed by atoms with Gasteiger partial charge in [-0.05, 0) is 25.1 Å². The number of nitrogens with one attached hydrogen (secondary N) is 1. The lowest BCUT2D eigenvalue weighted by atomic mass is 10.1. The predicted molar refractivity (Wildman–Crippen MR) is 76.5 cm³/mol. The predicted octanol–water partition coefficient (Wildman–Crippen LogP) is 2.95. The molecule has 0 radical (unpaired) electrons. The molecular formula is C15H11N5. The van der Waals surface area contributed by atoms with Crippen molar-refractivity contribution in [3.8, 4) is 6.07 Å². The van der Waals surface area contributed by atoms with Gasteiger partial charge in [-0.25, -0.2) is 0 Å². The molecule has 5 heteroatoms. The van der Waals surface area contributed by atoms with Gasteiger partial charge in [0.15, 0.2) is 5.82 Å². The van der Waals surface area contributed by atoms with Crippen LogP contribution in [-0.4, -0.2) is 15.2 Å². The van der Waals surface area contributed by atoms with Gasteiger partial charge >= 0.3 is 0 Å².